The Bertz CT molecular complexity index is 1130. The van der Waals surface area contributed by atoms with Crippen molar-refractivity contribution < 1.29 is 9.84 Å². The summed E-state index contributed by atoms with van der Waals surface area (Å²) in [5.74, 6) is 0.560. The van der Waals surface area contributed by atoms with Crippen LogP contribution in [-0.4, -0.2) is 17.2 Å². The molecule has 1 aromatic carbocycles. The summed E-state index contributed by atoms with van der Waals surface area (Å²) in [5, 5.41) is 29.1. The molecular weight excluding hydrogens is 455 g/mol. The Balaban J connectivity index is 2.33. The highest BCUT2D eigenvalue weighted by atomic mass is 127. The van der Waals surface area contributed by atoms with Gasteiger partial charge in [0.1, 0.15) is 18.0 Å². The second kappa shape index (κ2) is 6.93. The summed E-state index contributed by atoms with van der Waals surface area (Å²) >= 11 is 2.03. The van der Waals surface area contributed by atoms with Gasteiger partial charge < -0.3 is 15.6 Å². The van der Waals surface area contributed by atoms with Crippen molar-refractivity contribution in [3.8, 4) is 23.6 Å². The van der Waals surface area contributed by atoms with Crippen LogP contribution in [0.25, 0.3) is 17.2 Å². The van der Waals surface area contributed by atoms with Crippen molar-refractivity contribution in [2.45, 2.75) is 13.8 Å². The zero-order valence-electron chi connectivity index (χ0n) is 14.9. The standard InChI is InChI=1S/C20H15IN4O2/c1-9-12(4-11-5-15(21)19(26)16(6-11)27-3)17-10(2)14(8-23)20(24)25-18(17)13(9)7-22/h4-6,26H,1-3H3,(H2,24,25)/b12-4+. The van der Waals surface area contributed by atoms with Crippen LogP contribution in [0.4, 0.5) is 5.82 Å². The van der Waals surface area contributed by atoms with E-state index in [2.05, 4.69) is 17.1 Å². The average molecular weight is 470 g/mol. The number of rotatable bonds is 2. The maximum absolute atomic E-state index is 10.1. The highest BCUT2D eigenvalue weighted by Crippen LogP contribution is 2.44. The summed E-state index contributed by atoms with van der Waals surface area (Å²) in [6.45, 7) is 3.65. The van der Waals surface area contributed by atoms with E-state index in [0.717, 1.165) is 22.3 Å². The van der Waals surface area contributed by atoms with Crippen molar-refractivity contribution in [2.24, 2.45) is 0 Å². The van der Waals surface area contributed by atoms with Crippen molar-refractivity contribution in [3.63, 3.8) is 0 Å². The van der Waals surface area contributed by atoms with E-state index < -0.39 is 0 Å². The molecule has 3 N–H and O–H groups in total. The summed E-state index contributed by atoms with van der Waals surface area (Å²) in [4.78, 5) is 4.31. The molecule has 1 heterocycles. The van der Waals surface area contributed by atoms with E-state index in [1.165, 1.54) is 7.11 Å². The number of hydrogen-bond donors (Lipinski definition) is 2. The normalized spacial score (nSPS) is 14.1. The first-order valence-corrected chi connectivity index (χ1v) is 9.02. The molecule has 0 saturated carbocycles. The molecule has 0 spiro atoms. The summed E-state index contributed by atoms with van der Waals surface area (Å²) < 4.78 is 5.87. The van der Waals surface area contributed by atoms with Gasteiger partial charge in [0.2, 0.25) is 0 Å². The molecule has 0 unspecified atom stereocenters. The molecule has 0 bridgehead atoms. The van der Waals surface area contributed by atoms with Gasteiger partial charge in [-0.2, -0.15) is 10.5 Å². The molecule has 27 heavy (non-hydrogen) atoms. The lowest BCUT2D eigenvalue weighted by Crippen LogP contribution is -2.03. The van der Waals surface area contributed by atoms with Crippen molar-refractivity contribution in [1.29, 1.82) is 10.5 Å². The smallest absolute Gasteiger partial charge is 0.171 e. The number of aromatic nitrogens is 1. The topological polar surface area (TPSA) is 116 Å². The molecule has 0 saturated heterocycles. The van der Waals surface area contributed by atoms with Crippen molar-refractivity contribution in [1.82, 2.24) is 4.98 Å². The lowest BCUT2D eigenvalue weighted by atomic mass is 9.95. The van der Waals surface area contributed by atoms with Gasteiger partial charge in [-0.15, -0.1) is 0 Å². The van der Waals surface area contributed by atoms with Crippen LogP contribution in [-0.2, 0) is 0 Å². The molecular formula is C20H15IN4O2. The van der Waals surface area contributed by atoms with Crippen molar-refractivity contribution >= 4 is 45.6 Å². The Morgan fingerprint density at radius 3 is 2.56 bits per heavy atom. The summed E-state index contributed by atoms with van der Waals surface area (Å²) in [6, 6.07) is 7.81. The Kier molecular flexibility index (Phi) is 4.81. The van der Waals surface area contributed by atoms with Gasteiger partial charge in [-0.05, 0) is 76.9 Å². The van der Waals surface area contributed by atoms with E-state index in [1.54, 1.807) is 13.0 Å². The number of allylic oxidation sites excluding steroid dienone is 3. The second-order valence-electron chi connectivity index (χ2n) is 6.06. The summed E-state index contributed by atoms with van der Waals surface area (Å²) in [7, 11) is 1.49. The van der Waals surface area contributed by atoms with E-state index >= 15 is 0 Å². The number of nitriles is 2. The fourth-order valence-electron chi connectivity index (χ4n) is 3.19. The number of nitrogen functional groups attached to an aromatic ring is 1. The molecule has 0 radical (unpaired) electrons. The zero-order chi connectivity index (χ0) is 19.9. The number of pyridine rings is 1. The van der Waals surface area contributed by atoms with Gasteiger partial charge in [0.25, 0.3) is 0 Å². The number of ether oxygens (including phenoxy) is 1. The predicted molar refractivity (Wildman–Crippen MR) is 112 cm³/mol. The number of nitrogens with two attached hydrogens (primary N) is 1. The molecule has 1 aliphatic carbocycles. The monoisotopic (exact) mass is 470 g/mol. The molecule has 0 fully saturated rings. The van der Waals surface area contributed by atoms with Crippen LogP contribution in [0.2, 0.25) is 0 Å². The van der Waals surface area contributed by atoms with Crippen LogP contribution in [0.1, 0.15) is 34.9 Å². The number of nitrogens with zero attached hydrogens (tertiary/aromatic N) is 3. The third-order valence-corrected chi connectivity index (χ3v) is 5.39. The quantitative estimate of drug-likeness (QED) is 0.641. The molecule has 0 aliphatic heterocycles. The van der Waals surface area contributed by atoms with E-state index in [-0.39, 0.29) is 11.6 Å². The van der Waals surface area contributed by atoms with Gasteiger partial charge in [0.05, 0.1) is 27.5 Å². The first-order chi connectivity index (χ1) is 12.8. The molecule has 0 atom stereocenters. The lowest BCUT2D eigenvalue weighted by molar-refractivity contribution is 0.371. The van der Waals surface area contributed by atoms with E-state index in [1.807, 2.05) is 41.7 Å². The predicted octanol–water partition coefficient (Wildman–Crippen LogP) is 4.01. The number of fused-ring (bicyclic) bond motifs is 1. The minimum Gasteiger partial charge on any atom is -0.504 e. The fraction of sp³-hybridized carbons (Fsp3) is 0.150. The largest absolute Gasteiger partial charge is 0.504 e. The zero-order valence-corrected chi connectivity index (χ0v) is 17.0. The van der Waals surface area contributed by atoms with Crippen LogP contribution in [0.3, 0.4) is 0 Å². The van der Waals surface area contributed by atoms with Crippen LogP contribution in [0.15, 0.2) is 17.7 Å². The molecule has 1 aliphatic rings. The number of phenols is 1. The van der Waals surface area contributed by atoms with Gasteiger partial charge in [-0.25, -0.2) is 4.98 Å². The molecule has 2 aromatic rings. The minimum atomic E-state index is 0.0782. The maximum atomic E-state index is 10.1. The number of halogens is 1. The highest BCUT2D eigenvalue weighted by molar-refractivity contribution is 14.1. The van der Waals surface area contributed by atoms with Crippen LogP contribution in [0, 0.1) is 33.2 Å². The third kappa shape index (κ3) is 2.90. The Labute approximate surface area is 170 Å². The van der Waals surface area contributed by atoms with Crippen LogP contribution >= 0.6 is 22.6 Å². The molecule has 134 valence electrons. The van der Waals surface area contributed by atoms with E-state index in [9.17, 15) is 15.6 Å². The van der Waals surface area contributed by atoms with Gasteiger partial charge >= 0.3 is 0 Å². The molecule has 6 nitrogen and oxygen atoms in total. The Morgan fingerprint density at radius 1 is 1.26 bits per heavy atom. The van der Waals surface area contributed by atoms with Crippen LogP contribution in [0.5, 0.6) is 11.5 Å². The number of hydrogen-bond acceptors (Lipinski definition) is 6. The van der Waals surface area contributed by atoms with E-state index in [0.29, 0.717) is 31.7 Å². The van der Waals surface area contributed by atoms with Gasteiger partial charge in [0.15, 0.2) is 11.5 Å². The number of aromatic hydroxyl groups is 1. The first kappa shape index (κ1) is 18.7. The summed E-state index contributed by atoms with van der Waals surface area (Å²) in [5.41, 5.74) is 10.9. The molecule has 0 amide bonds. The van der Waals surface area contributed by atoms with Gasteiger partial charge in [-0.3, -0.25) is 0 Å². The fourth-order valence-corrected chi connectivity index (χ4v) is 3.82. The number of anilines is 1. The Morgan fingerprint density at radius 2 is 1.96 bits per heavy atom. The van der Waals surface area contributed by atoms with E-state index in [4.69, 9.17) is 10.5 Å². The lowest BCUT2D eigenvalue weighted by Gasteiger charge is -2.12. The first-order valence-electron chi connectivity index (χ1n) is 7.94. The third-order valence-electron chi connectivity index (χ3n) is 4.57. The SMILES string of the molecule is COc1cc(/C=C2\C(C)=C(C#N)c3nc(N)c(C#N)c(C)c32)cc(I)c1O. The number of methoxy groups -OCH3 is 1. The molecule has 7 heteroatoms. The second-order valence-corrected chi connectivity index (χ2v) is 7.22. The van der Waals surface area contributed by atoms with Gasteiger partial charge in [-0.1, -0.05) is 0 Å². The number of benzene rings is 1. The van der Waals surface area contributed by atoms with Crippen molar-refractivity contribution in [2.75, 3.05) is 12.8 Å². The molecule has 1 aromatic heterocycles. The van der Waals surface area contributed by atoms with Crippen molar-refractivity contribution in [3.05, 3.63) is 49.2 Å². The Hall–Kier alpha value is -3.04. The number of phenolic OH excluding ortho intramolecular Hbond substituents is 1. The van der Waals surface area contributed by atoms with Crippen LogP contribution < -0.4 is 10.5 Å². The maximum Gasteiger partial charge on any atom is 0.171 e. The summed E-state index contributed by atoms with van der Waals surface area (Å²) in [6.07, 6.45) is 1.90. The van der Waals surface area contributed by atoms with Gasteiger partial charge in [0, 0.05) is 5.56 Å². The average Bonchev–Trinajstić information content (AvgIpc) is 2.89. The minimum absolute atomic E-state index is 0.0782. The highest BCUT2D eigenvalue weighted by Gasteiger charge is 2.29. The molecule has 3 rings (SSSR count).